The number of carboxylic acid groups (broad SMARTS) is 1. The molecule has 5 nitrogen and oxygen atoms in total. The molecule has 25 heavy (non-hydrogen) atoms. The first-order valence-electron chi connectivity index (χ1n) is 9.74. The number of hydrogen-bond donors (Lipinski definition) is 3. The highest BCUT2D eigenvalue weighted by Gasteiger charge is 2.39. The molecule has 0 saturated heterocycles. The number of rotatable bonds is 13. The second-order valence-electron chi connectivity index (χ2n) is 7.22. The van der Waals surface area contributed by atoms with E-state index in [1.54, 1.807) is 6.08 Å². The van der Waals surface area contributed by atoms with Crippen LogP contribution in [0.25, 0.3) is 0 Å². The number of carbonyl (C=O) groups excluding carboxylic acids is 1. The van der Waals surface area contributed by atoms with Gasteiger partial charge in [0.05, 0.1) is 12.2 Å². The Bertz CT molecular complexity index is 432. The number of unbranched alkanes of at least 4 members (excludes halogenated alkanes) is 5. The average Bonchev–Trinajstić information content (AvgIpc) is 2.82. The van der Waals surface area contributed by atoms with Crippen LogP contribution in [-0.4, -0.2) is 39.3 Å². The summed E-state index contributed by atoms with van der Waals surface area (Å²) in [5.41, 5.74) is 0. The summed E-state index contributed by atoms with van der Waals surface area (Å²) < 4.78 is 0. The fourth-order valence-corrected chi connectivity index (χ4v) is 3.54. The second-order valence-corrected chi connectivity index (χ2v) is 7.22. The van der Waals surface area contributed by atoms with E-state index in [-0.39, 0.29) is 30.5 Å². The molecule has 0 heterocycles. The van der Waals surface area contributed by atoms with Crippen LogP contribution >= 0.6 is 0 Å². The molecule has 2 unspecified atom stereocenters. The Hall–Kier alpha value is -1.20. The van der Waals surface area contributed by atoms with Crippen molar-refractivity contribution >= 4 is 11.8 Å². The lowest BCUT2D eigenvalue weighted by Crippen LogP contribution is -2.19. The van der Waals surface area contributed by atoms with E-state index in [0.29, 0.717) is 6.42 Å². The first kappa shape index (κ1) is 21.8. The van der Waals surface area contributed by atoms with Gasteiger partial charge in [-0.25, -0.2) is 0 Å². The van der Waals surface area contributed by atoms with Crippen molar-refractivity contribution in [3.05, 3.63) is 12.2 Å². The average molecular weight is 354 g/mol. The van der Waals surface area contributed by atoms with Gasteiger partial charge in [0.2, 0.25) is 0 Å². The van der Waals surface area contributed by atoms with Crippen LogP contribution in [0.2, 0.25) is 0 Å². The lowest BCUT2D eigenvalue weighted by molar-refractivity contribution is -0.137. The van der Waals surface area contributed by atoms with E-state index in [2.05, 4.69) is 6.92 Å². The minimum atomic E-state index is -0.767. The first-order valence-corrected chi connectivity index (χ1v) is 9.74. The van der Waals surface area contributed by atoms with Gasteiger partial charge in [0, 0.05) is 24.7 Å². The van der Waals surface area contributed by atoms with Crippen LogP contribution in [0.5, 0.6) is 0 Å². The Morgan fingerprint density at radius 1 is 1.20 bits per heavy atom. The van der Waals surface area contributed by atoms with Crippen molar-refractivity contribution in [2.24, 2.45) is 11.8 Å². The maximum absolute atomic E-state index is 12.1. The number of carbonyl (C=O) groups is 2. The Labute approximate surface area is 151 Å². The van der Waals surface area contributed by atoms with Crippen LogP contribution in [-0.2, 0) is 9.59 Å². The zero-order valence-corrected chi connectivity index (χ0v) is 15.4. The number of carboxylic acids is 1. The number of hydrogen-bond acceptors (Lipinski definition) is 4. The highest BCUT2D eigenvalue weighted by Crippen LogP contribution is 2.34. The molecule has 1 saturated carbocycles. The molecule has 0 aromatic rings. The third-order valence-corrected chi connectivity index (χ3v) is 5.05. The summed E-state index contributed by atoms with van der Waals surface area (Å²) in [5.74, 6) is -1.04. The predicted octanol–water partition coefficient (Wildman–Crippen LogP) is 3.48. The topological polar surface area (TPSA) is 94.8 Å². The molecule has 1 rings (SSSR count). The van der Waals surface area contributed by atoms with Gasteiger partial charge in [-0.2, -0.15) is 0 Å². The normalized spacial score (nSPS) is 24.9. The second kappa shape index (κ2) is 12.2. The maximum atomic E-state index is 12.1. The van der Waals surface area contributed by atoms with Gasteiger partial charge in [0.25, 0.3) is 0 Å². The summed E-state index contributed by atoms with van der Waals surface area (Å²) in [6.07, 6.45) is 10.7. The molecule has 144 valence electrons. The van der Waals surface area contributed by atoms with Crippen molar-refractivity contribution < 1.29 is 24.9 Å². The van der Waals surface area contributed by atoms with E-state index in [1.807, 2.05) is 6.08 Å². The lowest BCUT2D eigenvalue weighted by Gasteiger charge is -2.18. The van der Waals surface area contributed by atoms with E-state index in [0.717, 1.165) is 51.4 Å². The molecular formula is C20H34O5. The first-order chi connectivity index (χ1) is 12.0. The minimum absolute atomic E-state index is 0.105. The summed E-state index contributed by atoms with van der Waals surface area (Å²) in [6.45, 7) is 2.12. The number of aliphatic carboxylic acids is 1. The smallest absolute Gasteiger partial charge is 0.303 e. The van der Waals surface area contributed by atoms with Crippen LogP contribution in [0.3, 0.4) is 0 Å². The Morgan fingerprint density at radius 2 is 1.92 bits per heavy atom. The Balaban J connectivity index is 2.39. The molecule has 0 aromatic carbocycles. The monoisotopic (exact) mass is 354 g/mol. The van der Waals surface area contributed by atoms with Crippen molar-refractivity contribution in [3.8, 4) is 0 Å². The zero-order valence-electron chi connectivity index (χ0n) is 15.4. The van der Waals surface area contributed by atoms with Crippen LogP contribution in [0, 0.1) is 11.8 Å². The van der Waals surface area contributed by atoms with Gasteiger partial charge < -0.3 is 15.3 Å². The van der Waals surface area contributed by atoms with Gasteiger partial charge in [-0.15, -0.1) is 0 Å². The van der Waals surface area contributed by atoms with Crippen LogP contribution < -0.4 is 0 Å². The van der Waals surface area contributed by atoms with Gasteiger partial charge in [-0.1, -0.05) is 57.6 Å². The van der Waals surface area contributed by atoms with Gasteiger partial charge in [-0.05, 0) is 19.3 Å². The molecule has 0 aromatic heterocycles. The number of aliphatic hydroxyl groups excluding tert-OH is 2. The van der Waals surface area contributed by atoms with E-state index >= 15 is 0 Å². The third-order valence-electron chi connectivity index (χ3n) is 5.05. The summed E-state index contributed by atoms with van der Waals surface area (Å²) >= 11 is 0. The Morgan fingerprint density at radius 3 is 2.60 bits per heavy atom. The van der Waals surface area contributed by atoms with E-state index in [4.69, 9.17) is 5.11 Å². The van der Waals surface area contributed by atoms with Crippen molar-refractivity contribution in [2.45, 2.75) is 89.8 Å². The molecule has 5 heteroatoms. The van der Waals surface area contributed by atoms with Gasteiger partial charge >= 0.3 is 5.97 Å². The van der Waals surface area contributed by atoms with Crippen molar-refractivity contribution in [1.82, 2.24) is 0 Å². The van der Waals surface area contributed by atoms with Crippen LogP contribution in [0.4, 0.5) is 0 Å². The Kier molecular flexibility index (Phi) is 10.7. The molecule has 1 aliphatic rings. The third kappa shape index (κ3) is 8.63. The molecule has 1 fully saturated rings. The fourth-order valence-electron chi connectivity index (χ4n) is 3.54. The molecule has 0 radical (unpaired) electrons. The highest BCUT2D eigenvalue weighted by atomic mass is 16.4. The predicted molar refractivity (Wildman–Crippen MR) is 97.2 cm³/mol. The SMILES string of the molecule is CCCCC[C@H](O)C=CC1C(CCCCCCC(=O)O)C(=O)C[C@H]1O. The molecule has 4 atom stereocenters. The molecule has 0 bridgehead atoms. The van der Waals surface area contributed by atoms with E-state index in [9.17, 15) is 19.8 Å². The van der Waals surface area contributed by atoms with Crippen LogP contribution in [0.15, 0.2) is 12.2 Å². The molecule has 0 amide bonds. The highest BCUT2D eigenvalue weighted by molar-refractivity contribution is 5.84. The summed E-state index contributed by atoms with van der Waals surface area (Å²) in [7, 11) is 0. The van der Waals surface area contributed by atoms with Crippen LogP contribution in [0.1, 0.15) is 77.6 Å². The van der Waals surface area contributed by atoms with Gasteiger partial charge in [-0.3, -0.25) is 9.59 Å². The van der Waals surface area contributed by atoms with Gasteiger partial charge in [0.1, 0.15) is 5.78 Å². The summed E-state index contributed by atoms with van der Waals surface area (Å²) in [5, 5.41) is 28.7. The lowest BCUT2D eigenvalue weighted by atomic mass is 9.88. The number of aliphatic hydroxyl groups is 2. The maximum Gasteiger partial charge on any atom is 0.303 e. The van der Waals surface area contributed by atoms with Crippen molar-refractivity contribution in [2.75, 3.05) is 0 Å². The standard InChI is InChI=1S/C20H34O5/c1-2-3-6-9-15(21)12-13-17-16(18(22)14-19(17)23)10-7-4-5-8-11-20(24)25/h12-13,15-17,19,21,23H,2-11,14H2,1H3,(H,24,25)/t15-,16?,17?,19+/m0/s1. The molecule has 1 aliphatic carbocycles. The molecule has 3 N–H and O–H groups in total. The van der Waals surface area contributed by atoms with E-state index < -0.39 is 18.2 Å². The molecule has 0 aliphatic heterocycles. The quantitative estimate of drug-likeness (QED) is 0.348. The van der Waals surface area contributed by atoms with Crippen molar-refractivity contribution in [3.63, 3.8) is 0 Å². The largest absolute Gasteiger partial charge is 0.481 e. The van der Waals surface area contributed by atoms with Gasteiger partial charge in [0.15, 0.2) is 0 Å². The summed E-state index contributed by atoms with van der Waals surface area (Å²) in [6, 6.07) is 0. The number of Topliss-reactive ketones (excluding diaryl/α,β-unsaturated/α-hetero) is 1. The molecule has 0 spiro atoms. The van der Waals surface area contributed by atoms with E-state index in [1.165, 1.54) is 0 Å². The minimum Gasteiger partial charge on any atom is -0.481 e. The molecular weight excluding hydrogens is 320 g/mol. The summed E-state index contributed by atoms with van der Waals surface area (Å²) in [4.78, 5) is 22.6. The van der Waals surface area contributed by atoms with Crippen molar-refractivity contribution in [1.29, 1.82) is 0 Å². The number of ketones is 1. The fraction of sp³-hybridized carbons (Fsp3) is 0.800. The zero-order chi connectivity index (χ0) is 18.7.